The lowest BCUT2D eigenvalue weighted by molar-refractivity contribution is -0.120. The van der Waals surface area contributed by atoms with E-state index in [4.69, 9.17) is 0 Å². The zero-order valence-corrected chi connectivity index (χ0v) is 12.3. The van der Waals surface area contributed by atoms with Crippen molar-refractivity contribution >= 4 is 17.2 Å². The standard InChI is InChI=1S/C15H17FN2OS/c1-10(2)15-18-13(9-20-15)7-14(19)17-8-11-4-3-5-12(16)6-11/h3-6,9-10H,7-8H2,1-2H3,(H,17,19). The lowest BCUT2D eigenvalue weighted by Crippen LogP contribution is -2.24. The van der Waals surface area contributed by atoms with E-state index < -0.39 is 0 Å². The maximum absolute atomic E-state index is 13.0. The number of rotatable bonds is 5. The number of aromatic nitrogens is 1. The molecule has 0 spiro atoms. The molecule has 0 saturated heterocycles. The van der Waals surface area contributed by atoms with Crippen LogP contribution in [-0.2, 0) is 17.8 Å². The summed E-state index contributed by atoms with van der Waals surface area (Å²) in [5.41, 5.74) is 1.54. The Hall–Kier alpha value is -1.75. The molecule has 1 aromatic carbocycles. The summed E-state index contributed by atoms with van der Waals surface area (Å²) in [6.45, 7) is 4.48. The normalized spacial score (nSPS) is 10.8. The van der Waals surface area contributed by atoms with Gasteiger partial charge in [0.15, 0.2) is 0 Å². The van der Waals surface area contributed by atoms with Crippen molar-refractivity contribution in [1.29, 1.82) is 0 Å². The monoisotopic (exact) mass is 292 g/mol. The first-order valence-electron chi connectivity index (χ1n) is 6.50. The summed E-state index contributed by atoms with van der Waals surface area (Å²) in [6, 6.07) is 6.21. The van der Waals surface area contributed by atoms with Gasteiger partial charge in [0.2, 0.25) is 5.91 Å². The maximum Gasteiger partial charge on any atom is 0.226 e. The molecule has 0 saturated carbocycles. The molecule has 0 unspecified atom stereocenters. The van der Waals surface area contributed by atoms with Gasteiger partial charge in [0, 0.05) is 17.8 Å². The third-order valence-corrected chi connectivity index (χ3v) is 3.98. The number of hydrogen-bond acceptors (Lipinski definition) is 3. The van der Waals surface area contributed by atoms with E-state index >= 15 is 0 Å². The summed E-state index contributed by atoms with van der Waals surface area (Å²) in [5, 5.41) is 5.73. The molecule has 0 aliphatic heterocycles. The molecular formula is C15H17FN2OS. The Kier molecular flexibility index (Phi) is 4.84. The van der Waals surface area contributed by atoms with Crippen LogP contribution in [0.2, 0.25) is 0 Å². The molecule has 0 bridgehead atoms. The first-order valence-corrected chi connectivity index (χ1v) is 7.38. The Bertz CT molecular complexity index is 595. The van der Waals surface area contributed by atoms with Gasteiger partial charge in [-0.2, -0.15) is 0 Å². The second-order valence-electron chi connectivity index (χ2n) is 4.92. The fourth-order valence-corrected chi connectivity index (χ4v) is 2.58. The maximum atomic E-state index is 13.0. The molecular weight excluding hydrogens is 275 g/mol. The molecule has 1 amide bonds. The number of amides is 1. The van der Waals surface area contributed by atoms with Crippen molar-refractivity contribution in [3.63, 3.8) is 0 Å². The van der Waals surface area contributed by atoms with E-state index in [0.29, 0.717) is 12.5 Å². The van der Waals surface area contributed by atoms with Crippen molar-refractivity contribution in [2.75, 3.05) is 0 Å². The predicted molar refractivity (Wildman–Crippen MR) is 78.2 cm³/mol. The zero-order chi connectivity index (χ0) is 14.5. The lowest BCUT2D eigenvalue weighted by atomic mass is 10.2. The summed E-state index contributed by atoms with van der Waals surface area (Å²) in [4.78, 5) is 16.2. The first kappa shape index (κ1) is 14.7. The Labute approximate surface area is 121 Å². The molecule has 0 aliphatic carbocycles. The van der Waals surface area contributed by atoms with Crippen molar-refractivity contribution < 1.29 is 9.18 Å². The van der Waals surface area contributed by atoms with Crippen LogP contribution in [0.4, 0.5) is 4.39 Å². The van der Waals surface area contributed by atoms with E-state index in [0.717, 1.165) is 16.3 Å². The molecule has 2 aromatic rings. The van der Waals surface area contributed by atoms with Gasteiger partial charge in [-0.1, -0.05) is 26.0 Å². The van der Waals surface area contributed by atoms with Crippen molar-refractivity contribution in [1.82, 2.24) is 10.3 Å². The largest absolute Gasteiger partial charge is 0.352 e. The van der Waals surface area contributed by atoms with Crippen LogP contribution in [0.1, 0.15) is 36.0 Å². The van der Waals surface area contributed by atoms with Crippen LogP contribution in [0, 0.1) is 5.82 Å². The Morgan fingerprint density at radius 1 is 1.45 bits per heavy atom. The van der Waals surface area contributed by atoms with Crippen LogP contribution in [-0.4, -0.2) is 10.9 Å². The topological polar surface area (TPSA) is 42.0 Å². The minimum atomic E-state index is -0.294. The van der Waals surface area contributed by atoms with Crippen LogP contribution in [0.3, 0.4) is 0 Å². The smallest absolute Gasteiger partial charge is 0.226 e. The zero-order valence-electron chi connectivity index (χ0n) is 11.5. The van der Waals surface area contributed by atoms with E-state index in [9.17, 15) is 9.18 Å². The highest BCUT2D eigenvalue weighted by atomic mass is 32.1. The highest BCUT2D eigenvalue weighted by Crippen LogP contribution is 2.19. The summed E-state index contributed by atoms with van der Waals surface area (Å²) in [7, 11) is 0. The average Bonchev–Trinajstić information content (AvgIpc) is 2.85. The molecule has 20 heavy (non-hydrogen) atoms. The minimum absolute atomic E-state index is 0.102. The highest BCUT2D eigenvalue weighted by molar-refractivity contribution is 7.09. The van der Waals surface area contributed by atoms with Gasteiger partial charge in [-0.05, 0) is 17.7 Å². The molecule has 0 aliphatic rings. The molecule has 1 N–H and O–H groups in total. The van der Waals surface area contributed by atoms with Crippen LogP contribution in [0.5, 0.6) is 0 Å². The first-order chi connectivity index (χ1) is 9.54. The second-order valence-corrected chi connectivity index (χ2v) is 5.80. The van der Waals surface area contributed by atoms with Gasteiger partial charge in [-0.15, -0.1) is 11.3 Å². The number of halogens is 1. The van der Waals surface area contributed by atoms with E-state index in [1.165, 1.54) is 12.1 Å². The number of thiazole rings is 1. The Morgan fingerprint density at radius 2 is 2.25 bits per heavy atom. The minimum Gasteiger partial charge on any atom is -0.352 e. The van der Waals surface area contributed by atoms with E-state index in [2.05, 4.69) is 24.1 Å². The molecule has 0 fully saturated rings. The third-order valence-electron chi connectivity index (χ3n) is 2.78. The third kappa shape index (κ3) is 4.13. The van der Waals surface area contributed by atoms with E-state index in [1.807, 2.05) is 5.38 Å². The summed E-state index contributed by atoms with van der Waals surface area (Å²) >= 11 is 1.58. The Balaban J connectivity index is 1.86. The average molecular weight is 292 g/mol. The Morgan fingerprint density at radius 3 is 2.90 bits per heavy atom. The molecule has 0 atom stereocenters. The van der Waals surface area contributed by atoms with Gasteiger partial charge in [-0.25, -0.2) is 9.37 Å². The van der Waals surface area contributed by atoms with Gasteiger partial charge in [0.25, 0.3) is 0 Å². The summed E-state index contributed by atoms with van der Waals surface area (Å²) in [5.74, 6) is -0.0169. The van der Waals surface area contributed by atoms with Gasteiger partial charge in [0.05, 0.1) is 17.1 Å². The number of hydrogen-bond donors (Lipinski definition) is 1. The number of carbonyl (C=O) groups excluding carboxylic acids is 1. The van der Waals surface area contributed by atoms with Crippen LogP contribution in [0.25, 0.3) is 0 Å². The fraction of sp³-hybridized carbons (Fsp3) is 0.333. The van der Waals surface area contributed by atoms with Gasteiger partial charge in [0.1, 0.15) is 5.82 Å². The second kappa shape index (κ2) is 6.61. The fourth-order valence-electron chi connectivity index (χ4n) is 1.74. The molecule has 2 rings (SSSR count). The van der Waals surface area contributed by atoms with Crippen molar-refractivity contribution in [3.05, 3.63) is 51.7 Å². The van der Waals surface area contributed by atoms with Crippen LogP contribution in [0.15, 0.2) is 29.6 Å². The molecule has 1 aromatic heterocycles. The SMILES string of the molecule is CC(C)c1nc(CC(=O)NCc2cccc(F)c2)cs1. The number of nitrogens with zero attached hydrogens (tertiary/aromatic N) is 1. The summed E-state index contributed by atoms with van der Waals surface area (Å²) in [6.07, 6.45) is 0.262. The molecule has 0 radical (unpaired) electrons. The van der Waals surface area contributed by atoms with Crippen LogP contribution < -0.4 is 5.32 Å². The van der Waals surface area contributed by atoms with Gasteiger partial charge in [-0.3, -0.25) is 4.79 Å². The number of carbonyl (C=O) groups is 1. The number of benzene rings is 1. The predicted octanol–water partition coefficient (Wildman–Crippen LogP) is 3.26. The molecule has 3 nitrogen and oxygen atoms in total. The quantitative estimate of drug-likeness (QED) is 0.919. The van der Waals surface area contributed by atoms with Crippen LogP contribution >= 0.6 is 11.3 Å². The molecule has 106 valence electrons. The van der Waals surface area contributed by atoms with Crippen molar-refractivity contribution in [3.8, 4) is 0 Å². The lowest BCUT2D eigenvalue weighted by Gasteiger charge is -2.04. The number of nitrogens with one attached hydrogen (secondary N) is 1. The highest BCUT2D eigenvalue weighted by Gasteiger charge is 2.09. The van der Waals surface area contributed by atoms with Crippen molar-refractivity contribution in [2.45, 2.75) is 32.7 Å². The van der Waals surface area contributed by atoms with E-state index in [1.54, 1.807) is 23.5 Å². The molecule has 1 heterocycles. The van der Waals surface area contributed by atoms with Crippen molar-refractivity contribution in [2.24, 2.45) is 0 Å². The van der Waals surface area contributed by atoms with Gasteiger partial charge >= 0.3 is 0 Å². The van der Waals surface area contributed by atoms with E-state index in [-0.39, 0.29) is 18.1 Å². The summed E-state index contributed by atoms with van der Waals surface area (Å²) < 4.78 is 13.0. The van der Waals surface area contributed by atoms with Gasteiger partial charge < -0.3 is 5.32 Å². The molecule has 5 heteroatoms.